The number of aliphatic hydroxyl groups excluding tert-OH is 1. The van der Waals surface area contributed by atoms with Gasteiger partial charge >= 0.3 is 0 Å². The summed E-state index contributed by atoms with van der Waals surface area (Å²) >= 11 is 0. The van der Waals surface area contributed by atoms with Crippen LogP contribution < -0.4 is 5.73 Å². The van der Waals surface area contributed by atoms with Gasteiger partial charge in [-0.05, 0) is 26.8 Å². The number of carbonyl (C=O) groups is 3. The average Bonchev–Trinajstić information content (AvgIpc) is 2.03. The quantitative estimate of drug-likeness (QED) is 0.528. The molecule has 0 aliphatic carbocycles. The molecule has 0 saturated heterocycles. The molecule has 0 aromatic heterocycles. The Labute approximate surface area is 89.3 Å². The summed E-state index contributed by atoms with van der Waals surface area (Å²) in [6.45, 7) is 7.51. The van der Waals surface area contributed by atoms with Crippen molar-refractivity contribution in [2.45, 2.75) is 20.8 Å². The number of primary amides is 1. The van der Waals surface area contributed by atoms with Crippen molar-refractivity contribution in [1.82, 2.24) is 0 Å². The van der Waals surface area contributed by atoms with Crippen LogP contribution in [-0.4, -0.2) is 22.6 Å². The molecule has 0 aliphatic rings. The molecule has 15 heavy (non-hydrogen) atoms. The molecule has 0 aliphatic heterocycles. The number of hydrogen-bond acceptors (Lipinski definition) is 4. The highest BCUT2D eigenvalue weighted by atomic mass is 16.2. The number of Topliss-reactive ketones (excluding diaryl/α,β-unsaturated/α-hetero) is 1. The summed E-state index contributed by atoms with van der Waals surface area (Å²) in [6, 6.07) is 0. The fourth-order valence-corrected chi connectivity index (χ4v) is 0.105. The van der Waals surface area contributed by atoms with E-state index in [1.54, 1.807) is 0 Å². The normalized spacial score (nSPS) is 7.67. The van der Waals surface area contributed by atoms with E-state index in [2.05, 4.69) is 12.3 Å². The van der Waals surface area contributed by atoms with Crippen LogP contribution in [-0.2, 0) is 14.4 Å². The summed E-state index contributed by atoms with van der Waals surface area (Å²) < 4.78 is 0. The molecule has 0 atom stereocenters. The number of allylic oxidation sites excluding steroid dienone is 1. The molecule has 0 heterocycles. The van der Waals surface area contributed by atoms with Gasteiger partial charge in [-0.25, -0.2) is 0 Å². The van der Waals surface area contributed by atoms with E-state index < -0.39 is 5.91 Å². The van der Waals surface area contributed by atoms with Gasteiger partial charge in [-0.2, -0.15) is 0 Å². The third kappa shape index (κ3) is 129. The van der Waals surface area contributed by atoms with Gasteiger partial charge in [0.05, 0.1) is 6.26 Å². The molecule has 0 rings (SSSR count). The first-order valence-corrected chi connectivity index (χ1v) is 3.98. The maximum Gasteiger partial charge on any atom is 0.240 e. The monoisotopic (exact) mass is 215 g/mol. The van der Waals surface area contributed by atoms with E-state index in [4.69, 9.17) is 5.11 Å². The fourth-order valence-electron chi connectivity index (χ4n) is 0.105. The van der Waals surface area contributed by atoms with Gasteiger partial charge in [0.2, 0.25) is 5.91 Å². The molecule has 0 unspecified atom stereocenters. The van der Waals surface area contributed by atoms with Crippen LogP contribution in [0.5, 0.6) is 0 Å². The molecule has 0 bridgehead atoms. The lowest BCUT2D eigenvalue weighted by molar-refractivity contribution is -0.115. The van der Waals surface area contributed by atoms with Crippen LogP contribution in [0, 0.1) is 0 Å². The van der Waals surface area contributed by atoms with Crippen LogP contribution in [0.15, 0.2) is 25.0 Å². The van der Waals surface area contributed by atoms with Crippen molar-refractivity contribution in [2.24, 2.45) is 5.73 Å². The number of rotatable bonds is 2. The van der Waals surface area contributed by atoms with Gasteiger partial charge in [0.25, 0.3) is 0 Å². The van der Waals surface area contributed by atoms with Crippen LogP contribution in [0.2, 0.25) is 0 Å². The first-order valence-electron chi connectivity index (χ1n) is 3.98. The second-order valence-corrected chi connectivity index (χ2v) is 2.44. The van der Waals surface area contributed by atoms with Gasteiger partial charge in [-0.3, -0.25) is 9.59 Å². The lowest BCUT2D eigenvalue weighted by Gasteiger charge is -1.68. The number of carbonyl (C=O) groups excluding carboxylic acids is 3. The molecule has 0 aromatic rings. The van der Waals surface area contributed by atoms with Crippen molar-refractivity contribution in [3.05, 3.63) is 25.0 Å². The molecule has 0 saturated carbocycles. The van der Waals surface area contributed by atoms with E-state index in [1.165, 1.54) is 20.8 Å². The fraction of sp³-hybridized carbons (Fsp3) is 0.300. The summed E-state index contributed by atoms with van der Waals surface area (Å²) in [6.07, 6.45) is 2.86. The topological polar surface area (TPSA) is 97.5 Å². The minimum atomic E-state index is -0.481. The number of ketones is 2. The molecule has 0 fully saturated rings. The molecule has 5 nitrogen and oxygen atoms in total. The lowest BCUT2D eigenvalue weighted by atomic mass is 10.4. The summed E-state index contributed by atoms with van der Waals surface area (Å²) in [5.41, 5.74) is 4.53. The van der Waals surface area contributed by atoms with Crippen LogP contribution in [0.25, 0.3) is 0 Å². The Morgan fingerprint density at radius 3 is 1.47 bits per heavy atom. The molecule has 5 heteroatoms. The Bertz CT molecular complexity index is 240. The number of nitrogens with two attached hydrogens (primary N) is 1. The first-order chi connectivity index (χ1) is 6.77. The highest BCUT2D eigenvalue weighted by molar-refractivity contribution is 5.86. The Hall–Kier alpha value is -1.91. The molecule has 0 aromatic carbocycles. The standard InChI is InChI=1S/C4H6O2.C3H5NO.C3H6O/c1-4(6)2-3-5;1-2-3(4)5;1-3(2)4/h2-3,5H,1H3;2H,1H2,(H2,4,5);1-2H3. The maximum absolute atomic E-state index is 9.80. The van der Waals surface area contributed by atoms with E-state index in [0.29, 0.717) is 0 Å². The largest absolute Gasteiger partial charge is 0.515 e. The number of amides is 1. The maximum atomic E-state index is 9.80. The molecule has 3 N–H and O–H groups in total. The third-order valence-corrected chi connectivity index (χ3v) is 0.510. The SMILES string of the molecule is C=CC(N)=O.CC(=O)C=CO.CC(C)=O. The van der Waals surface area contributed by atoms with Gasteiger partial charge in [0, 0.05) is 6.08 Å². The number of aliphatic hydroxyl groups is 1. The highest BCUT2D eigenvalue weighted by Gasteiger charge is 1.74. The molecular formula is C10H17NO4. The van der Waals surface area contributed by atoms with E-state index in [1.807, 2.05) is 0 Å². The van der Waals surface area contributed by atoms with Gasteiger partial charge in [-0.15, -0.1) is 0 Å². The zero-order valence-corrected chi connectivity index (χ0v) is 9.19. The van der Waals surface area contributed by atoms with Crippen molar-refractivity contribution in [2.75, 3.05) is 0 Å². The van der Waals surface area contributed by atoms with E-state index in [0.717, 1.165) is 18.4 Å². The second kappa shape index (κ2) is 14.6. The zero-order chi connectivity index (χ0) is 12.9. The Kier molecular flexibility index (Phi) is 18.3. The van der Waals surface area contributed by atoms with Gasteiger partial charge in [0.1, 0.15) is 5.78 Å². The summed E-state index contributed by atoms with van der Waals surface area (Å²) in [4.78, 5) is 28.7. The van der Waals surface area contributed by atoms with Crippen LogP contribution in [0.4, 0.5) is 0 Å². The molecule has 86 valence electrons. The molecule has 0 spiro atoms. The van der Waals surface area contributed by atoms with Crippen LogP contribution >= 0.6 is 0 Å². The predicted molar refractivity (Wildman–Crippen MR) is 58.2 cm³/mol. The average molecular weight is 215 g/mol. The Morgan fingerprint density at radius 2 is 1.47 bits per heavy atom. The van der Waals surface area contributed by atoms with E-state index in [-0.39, 0.29) is 11.6 Å². The van der Waals surface area contributed by atoms with E-state index >= 15 is 0 Å². The minimum Gasteiger partial charge on any atom is -0.515 e. The van der Waals surface area contributed by atoms with Crippen molar-refractivity contribution in [3.63, 3.8) is 0 Å². The minimum absolute atomic E-state index is 0.141. The zero-order valence-electron chi connectivity index (χ0n) is 9.19. The molecule has 0 radical (unpaired) electrons. The van der Waals surface area contributed by atoms with E-state index in [9.17, 15) is 14.4 Å². The molecular weight excluding hydrogens is 198 g/mol. The number of hydrogen-bond donors (Lipinski definition) is 2. The van der Waals surface area contributed by atoms with Crippen molar-refractivity contribution in [1.29, 1.82) is 0 Å². The first kappa shape index (κ1) is 18.8. The van der Waals surface area contributed by atoms with Crippen LogP contribution in [0.3, 0.4) is 0 Å². The third-order valence-electron chi connectivity index (χ3n) is 0.510. The summed E-state index contributed by atoms with van der Waals surface area (Å²) in [5, 5.41) is 7.84. The molecule has 1 amide bonds. The van der Waals surface area contributed by atoms with Crippen LogP contribution in [0.1, 0.15) is 20.8 Å². The van der Waals surface area contributed by atoms with Gasteiger partial charge < -0.3 is 15.6 Å². The Morgan fingerprint density at radius 1 is 1.20 bits per heavy atom. The van der Waals surface area contributed by atoms with Gasteiger partial charge in [0.15, 0.2) is 5.78 Å². The van der Waals surface area contributed by atoms with Crippen molar-refractivity contribution >= 4 is 17.5 Å². The van der Waals surface area contributed by atoms with Crippen molar-refractivity contribution in [3.8, 4) is 0 Å². The van der Waals surface area contributed by atoms with Crippen molar-refractivity contribution < 1.29 is 19.5 Å². The Balaban J connectivity index is -0.000000147. The lowest BCUT2D eigenvalue weighted by Crippen LogP contribution is -2.04. The summed E-state index contributed by atoms with van der Waals surface area (Å²) in [7, 11) is 0. The highest BCUT2D eigenvalue weighted by Crippen LogP contribution is 1.66. The van der Waals surface area contributed by atoms with Gasteiger partial charge in [-0.1, -0.05) is 6.58 Å². The predicted octanol–water partition coefficient (Wildman–Crippen LogP) is 0.900. The second-order valence-electron chi connectivity index (χ2n) is 2.44. The summed E-state index contributed by atoms with van der Waals surface area (Å²) in [5.74, 6) is -0.456. The smallest absolute Gasteiger partial charge is 0.240 e.